The first-order valence-electron chi connectivity index (χ1n) is 9.65. The van der Waals surface area contributed by atoms with Gasteiger partial charge in [0.2, 0.25) is 0 Å². The summed E-state index contributed by atoms with van der Waals surface area (Å²) in [5.74, 6) is -1.22. The summed E-state index contributed by atoms with van der Waals surface area (Å²) < 4.78 is 0. The van der Waals surface area contributed by atoms with Gasteiger partial charge in [0.1, 0.15) is 0 Å². The minimum absolute atomic E-state index is 0.193. The minimum atomic E-state index is -0.996. The molecule has 0 atom stereocenters. The van der Waals surface area contributed by atoms with E-state index in [1.807, 2.05) is 12.1 Å². The van der Waals surface area contributed by atoms with Crippen LogP contribution in [0.3, 0.4) is 0 Å². The third-order valence-electron chi connectivity index (χ3n) is 4.95. The number of aromatic amines is 1. The van der Waals surface area contributed by atoms with E-state index in [1.54, 1.807) is 48.8 Å². The lowest BCUT2D eigenvalue weighted by molar-refractivity contribution is 0.0696. The number of benzene rings is 2. The lowest BCUT2D eigenvalue weighted by Crippen LogP contribution is -2.23. The molecule has 3 N–H and O–H groups in total. The van der Waals surface area contributed by atoms with E-state index in [9.17, 15) is 14.4 Å². The van der Waals surface area contributed by atoms with Crippen molar-refractivity contribution >= 4 is 22.8 Å². The molecule has 0 aliphatic rings. The van der Waals surface area contributed by atoms with E-state index in [1.165, 1.54) is 12.1 Å². The van der Waals surface area contributed by atoms with Crippen molar-refractivity contribution in [1.29, 1.82) is 0 Å². The molecule has 0 spiro atoms. The number of aromatic nitrogens is 2. The number of carboxylic acid groups (broad SMARTS) is 1. The summed E-state index contributed by atoms with van der Waals surface area (Å²) in [5.41, 5.74) is 3.35. The summed E-state index contributed by atoms with van der Waals surface area (Å²) in [4.78, 5) is 42.9. The van der Waals surface area contributed by atoms with Crippen LogP contribution in [0.4, 0.5) is 0 Å². The zero-order valence-electron chi connectivity index (χ0n) is 16.5. The Hall–Kier alpha value is -4.26. The van der Waals surface area contributed by atoms with E-state index in [2.05, 4.69) is 15.3 Å². The molecule has 154 valence electrons. The number of aromatic carboxylic acids is 1. The number of carboxylic acids is 1. The van der Waals surface area contributed by atoms with Gasteiger partial charge in [-0.1, -0.05) is 18.2 Å². The number of nitrogens with one attached hydrogen (secondary N) is 2. The normalized spacial score (nSPS) is 10.7. The monoisotopic (exact) mass is 413 g/mol. The second kappa shape index (κ2) is 8.62. The highest BCUT2D eigenvalue weighted by Gasteiger charge is 2.10. The van der Waals surface area contributed by atoms with Gasteiger partial charge < -0.3 is 15.4 Å². The highest BCUT2D eigenvalue weighted by Crippen LogP contribution is 2.16. The van der Waals surface area contributed by atoms with Crippen LogP contribution in [-0.4, -0.2) is 27.0 Å². The van der Waals surface area contributed by atoms with Crippen molar-refractivity contribution < 1.29 is 14.7 Å². The molecule has 2 aromatic carbocycles. The van der Waals surface area contributed by atoms with Gasteiger partial charge >= 0.3 is 5.97 Å². The van der Waals surface area contributed by atoms with Crippen LogP contribution in [0, 0.1) is 0 Å². The Morgan fingerprint density at radius 2 is 1.74 bits per heavy atom. The van der Waals surface area contributed by atoms with E-state index in [-0.39, 0.29) is 17.0 Å². The Morgan fingerprint density at radius 1 is 0.968 bits per heavy atom. The quantitative estimate of drug-likeness (QED) is 0.450. The SMILES string of the molecule is O=C(O)c1ccc(Cc2cc3cc(C(=O)NCc4cccnc4)ccc3[nH]c2=O)cc1. The van der Waals surface area contributed by atoms with Crippen LogP contribution in [0.25, 0.3) is 10.9 Å². The highest BCUT2D eigenvalue weighted by molar-refractivity contribution is 5.98. The molecule has 0 fully saturated rings. The lowest BCUT2D eigenvalue weighted by Gasteiger charge is -2.08. The molecule has 0 saturated carbocycles. The molecule has 0 aliphatic carbocycles. The lowest BCUT2D eigenvalue weighted by atomic mass is 10.0. The van der Waals surface area contributed by atoms with Crippen molar-refractivity contribution in [2.24, 2.45) is 0 Å². The Kier molecular flexibility index (Phi) is 5.57. The number of H-pyrrole nitrogens is 1. The molecule has 7 nitrogen and oxygen atoms in total. The largest absolute Gasteiger partial charge is 0.478 e. The molecule has 7 heteroatoms. The number of nitrogens with zero attached hydrogens (tertiary/aromatic N) is 1. The molecule has 0 unspecified atom stereocenters. The van der Waals surface area contributed by atoms with Gasteiger partial charge in [0.25, 0.3) is 11.5 Å². The number of carbonyl (C=O) groups excluding carboxylic acids is 1. The van der Waals surface area contributed by atoms with Gasteiger partial charge in [0.15, 0.2) is 0 Å². The van der Waals surface area contributed by atoms with Crippen LogP contribution >= 0.6 is 0 Å². The Morgan fingerprint density at radius 3 is 2.45 bits per heavy atom. The van der Waals surface area contributed by atoms with E-state index in [0.717, 1.165) is 16.5 Å². The van der Waals surface area contributed by atoms with Crippen LogP contribution in [0.1, 0.15) is 37.4 Å². The second-order valence-corrected chi connectivity index (χ2v) is 7.15. The number of amides is 1. The van der Waals surface area contributed by atoms with Crippen molar-refractivity contribution in [2.45, 2.75) is 13.0 Å². The maximum Gasteiger partial charge on any atom is 0.335 e. The summed E-state index contributed by atoms with van der Waals surface area (Å²) in [6.07, 6.45) is 3.72. The zero-order chi connectivity index (χ0) is 21.8. The molecule has 0 radical (unpaired) electrons. The summed E-state index contributed by atoms with van der Waals surface area (Å²) in [5, 5.41) is 12.6. The molecule has 4 rings (SSSR count). The van der Waals surface area contributed by atoms with Gasteiger partial charge in [-0.3, -0.25) is 14.6 Å². The van der Waals surface area contributed by atoms with Crippen molar-refractivity contribution in [1.82, 2.24) is 15.3 Å². The van der Waals surface area contributed by atoms with E-state index in [4.69, 9.17) is 5.11 Å². The predicted molar refractivity (Wildman–Crippen MR) is 116 cm³/mol. The maximum atomic E-state index is 12.5. The standard InChI is InChI=1S/C24H19N3O4/c28-22(26-14-16-2-1-9-25-13-16)18-7-8-21-19(11-18)12-20(23(29)27-21)10-15-3-5-17(6-4-15)24(30)31/h1-9,11-13H,10,14H2,(H,26,28)(H,27,29)(H,30,31). The molecule has 0 bridgehead atoms. The summed E-state index contributed by atoms with van der Waals surface area (Å²) >= 11 is 0. The highest BCUT2D eigenvalue weighted by atomic mass is 16.4. The van der Waals surface area contributed by atoms with E-state index >= 15 is 0 Å². The van der Waals surface area contributed by atoms with E-state index < -0.39 is 5.97 Å². The first-order chi connectivity index (χ1) is 15.0. The fraction of sp³-hybridized carbons (Fsp3) is 0.0833. The molecule has 2 aromatic heterocycles. The number of rotatable bonds is 6. The second-order valence-electron chi connectivity index (χ2n) is 7.15. The fourth-order valence-corrected chi connectivity index (χ4v) is 3.30. The molecule has 1 amide bonds. The van der Waals surface area contributed by atoms with Gasteiger partial charge in [-0.25, -0.2) is 4.79 Å². The average Bonchev–Trinajstić information content (AvgIpc) is 2.78. The topological polar surface area (TPSA) is 112 Å². The fourth-order valence-electron chi connectivity index (χ4n) is 3.30. The predicted octanol–water partition coefficient (Wildman–Crippen LogP) is 3.14. The van der Waals surface area contributed by atoms with Crippen LogP contribution in [-0.2, 0) is 13.0 Å². The molecule has 31 heavy (non-hydrogen) atoms. The van der Waals surface area contributed by atoms with Gasteiger partial charge in [0.05, 0.1) is 5.56 Å². The summed E-state index contributed by atoms with van der Waals surface area (Å²) in [6.45, 7) is 0.369. The first kappa shape index (κ1) is 20.0. The Labute approximate surface area is 177 Å². The number of pyridine rings is 2. The molecule has 2 heterocycles. The number of hydrogen-bond donors (Lipinski definition) is 3. The van der Waals surface area contributed by atoms with Crippen molar-refractivity contribution in [3.63, 3.8) is 0 Å². The average molecular weight is 413 g/mol. The van der Waals surface area contributed by atoms with Crippen molar-refractivity contribution in [2.75, 3.05) is 0 Å². The van der Waals surface area contributed by atoms with Gasteiger partial charge in [-0.05, 0) is 59.0 Å². The Bertz CT molecular complexity index is 1310. The Balaban J connectivity index is 1.55. The van der Waals surface area contributed by atoms with Gasteiger partial charge in [-0.2, -0.15) is 0 Å². The van der Waals surface area contributed by atoms with Gasteiger partial charge in [-0.15, -0.1) is 0 Å². The molecular weight excluding hydrogens is 394 g/mol. The number of hydrogen-bond acceptors (Lipinski definition) is 4. The van der Waals surface area contributed by atoms with Crippen LogP contribution < -0.4 is 10.9 Å². The van der Waals surface area contributed by atoms with Crippen LogP contribution in [0.2, 0.25) is 0 Å². The van der Waals surface area contributed by atoms with Crippen LogP contribution in [0.15, 0.2) is 77.9 Å². The smallest absolute Gasteiger partial charge is 0.335 e. The molecular formula is C24H19N3O4. The number of fused-ring (bicyclic) bond motifs is 1. The zero-order valence-corrected chi connectivity index (χ0v) is 16.5. The summed E-state index contributed by atoms with van der Waals surface area (Å²) in [6, 6.07) is 17.0. The number of carbonyl (C=O) groups is 2. The summed E-state index contributed by atoms with van der Waals surface area (Å²) in [7, 11) is 0. The molecule has 0 saturated heterocycles. The van der Waals surface area contributed by atoms with E-state index in [0.29, 0.717) is 29.6 Å². The first-order valence-corrected chi connectivity index (χ1v) is 9.65. The minimum Gasteiger partial charge on any atom is -0.478 e. The van der Waals surface area contributed by atoms with Crippen molar-refractivity contribution in [3.8, 4) is 0 Å². The molecule has 4 aromatic rings. The third-order valence-corrected chi connectivity index (χ3v) is 4.95. The van der Waals surface area contributed by atoms with Gasteiger partial charge in [0, 0.05) is 42.0 Å². The third kappa shape index (κ3) is 4.67. The van der Waals surface area contributed by atoms with Crippen molar-refractivity contribution in [3.05, 3.63) is 111 Å². The van der Waals surface area contributed by atoms with Crippen LogP contribution in [0.5, 0.6) is 0 Å². The maximum absolute atomic E-state index is 12.5. The molecule has 0 aliphatic heterocycles.